The monoisotopic (exact) mass is 491 g/mol. The molecule has 1 saturated heterocycles. The Balaban J connectivity index is 0.000000830. The number of amides is 1. The summed E-state index contributed by atoms with van der Waals surface area (Å²) >= 11 is 0. The fourth-order valence-electron chi connectivity index (χ4n) is 4.81. The summed E-state index contributed by atoms with van der Waals surface area (Å²) in [5, 5.41) is 15.8. The Bertz CT molecular complexity index is 992. The molecule has 0 radical (unpaired) electrons. The number of allylic oxidation sites excluding steroid dienone is 6. The van der Waals surface area contributed by atoms with E-state index in [0.29, 0.717) is 13.1 Å². The number of nitrogens with zero attached hydrogens (tertiary/aromatic N) is 3. The summed E-state index contributed by atoms with van der Waals surface area (Å²) in [5.74, 6) is 4.65. The minimum atomic E-state index is -0.256. The van der Waals surface area contributed by atoms with Gasteiger partial charge < -0.3 is 16.0 Å². The van der Waals surface area contributed by atoms with Gasteiger partial charge in [-0.25, -0.2) is 11.4 Å². The number of carbonyl (C=O) groups is 1. The third-order valence-corrected chi connectivity index (χ3v) is 6.70. The minimum absolute atomic E-state index is 0.0358. The number of hydrazone groups is 1. The largest absolute Gasteiger partial charge is 0.388 e. The van der Waals surface area contributed by atoms with Gasteiger partial charge in [-0.1, -0.05) is 74.9 Å². The average molecular weight is 492 g/mol. The lowest BCUT2D eigenvalue weighted by Crippen LogP contribution is -2.41. The molecule has 0 spiro atoms. The van der Waals surface area contributed by atoms with Gasteiger partial charge in [0.2, 0.25) is 5.91 Å². The van der Waals surface area contributed by atoms with E-state index < -0.39 is 0 Å². The van der Waals surface area contributed by atoms with Crippen molar-refractivity contribution < 1.29 is 4.79 Å². The number of nitrogens with one attached hydrogen (secondary N) is 2. The Labute approximate surface area is 215 Å². The first-order chi connectivity index (χ1) is 17.5. The lowest BCUT2D eigenvalue weighted by molar-refractivity contribution is -0.130. The van der Waals surface area contributed by atoms with Crippen molar-refractivity contribution in [2.24, 2.45) is 16.7 Å². The first-order valence-electron chi connectivity index (χ1n) is 12.7. The summed E-state index contributed by atoms with van der Waals surface area (Å²) in [6.07, 6.45) is 17.9. The molecule has 2 unspecified atom stereocenters. The molecule has 0 bridgehead atoms. The topological polar surface area (TPSA) is 133 Å². The Morgan fingerprint density at radius 2 is 2.17 bits per heavy atom. The van der Waals surface area contributed by atoms with E-state index in [1.165, 1.54) is 16.7 Å². The molecule has 1 aromatic rings. The van der Waals surface area contributed by atoms with Crippen LogP contribution in [0, 0.1) is 11.3 Å². The molecule has 0 aromatic heterocycles. The molecule has 1 heterocycles. The predicted octanol–water partition coefficient (Wildman–Crippen LogP) is 3.19. The Morgan fingerprint density at radius 3 is 2.86 bits per heavy atom. The zero-order valence-electron chi connectivity index (χ0n) is 21.6. The third-order valence-electron chi connectivity index (χ3n) is 6.70. The van der Waals surface area contributed by atoms with Crippen LogP contribution in [0.3, 0.4) is 0 Å². The molecule has 36 heavy (non-hydrogen) atoms. The predicted molar refractivity (Wildman–Crippen MR) is 147 cm³/mol. The minimum Gasteiger partial charge on any atom is -0.388 e. The molecule has 1 amide bonds. The second kappa shape index (κ2) is 15.6. The Kier molecular flexibility index (Phi) is 12.5. The maximum absolute atomic E-state index is 12.6. The molecule has 1 aliphatic carbocycles. The van der Waals surface area contributed by atoms with Crippen LogP contribution >= 0.6 is 0 Å². The summed E-state index contributed by atoms with van der Waals surface area (Å²) in [7, 11) is 0. The normalized spacial score (nSPS) is 18.6. The van der Waals surface area contributed by atoms with E-state index >= 15 is 0 Å². The zero-order valence-corrected chi connectivity index (χ0v) is 21.6. The number of hydrazine groups is 1. The van der Waals surface area contributed by atoms with E-state index in [1.807, 2.05) is 5.53 Å². The fraction of sp³-hybridized carbons (Fsp3) is 0.464. The Morgan fingerprint density at radius 1 is 1.36 bits per heavy atom. The van der Waals surface area contributed by atoms with Crippen LogP contribution in [-0.2, 0) is 16.6 Å². The van der Waals surface area contributed by atoms with Gasteiger partial charge in [-0.05, 0) is 55.3 Å². The quantitative estimate of drug-likeness (QED) is 0.131. The fourth-order valence-corrected chi connectivity index (χ4v) is 4.81. The molecule has 2 atom stereocenters. The summed E-state index contributed by atoms with van der Waals surface area (Å²) in [4.78, 5) is 14.3. The Hall–Kier alpha value is -3.41. The van der Waals surface area contributed by atoms with Crippen molar-refractivity contribution in [3.63, 3.8) is 0 Å². The van der Waals surface area contributed by atoms with Crippen molar-refractivity contribution in [2.45, 2.75) is 63.8 Å². The van der Waals surface area contributed by atoms with Gasteiger partial charge in [-0.2, -0.15) is 10.4 Å². The SMILES string of the molecule is CCCc1ccccc1C(C)(CCNCC(=O)N1CCCC1C#N)C1=CC=CCC=C1.N/C=N\NN. The van der Waals surface area contributed by atoms with Crippen molar-refractivity contribution in [2.75, 3.05) is 19.6 Å². The highest BCUT2D eigenvalue weighted by atomic mass is 16.2. The number of likely N-dealkylation sites (tertiary alicyclic amines) is 1. The van der Waals surface area contributed by atoms with Crippen molar-refractivity contribution in [3.8, 4) is 6.07 Å². The lowest BCUT2D eigenvalue weighted by atomic mass is 9.70. The maximum atomic E-state index is 12.6. The number of nitriles is 1. The smallest absolute Gasteiger partial charge is 0.237 e. The van der Waals surface area contributed by atoms with Crippen molar-refractivity contribution in [3.05, 3.63) is 71.3 Å². The van der Waals surface area contributed by atoms with Gasteiger partial charge >= 0.3 is 0 Å². The van der Waals surface area contributed by atoms with Crippen LogP contribution in [0.4, 0.5) is 0 Å². The van der Waals surface area contributed by atoms with Crippen LogP contribution in [0.1, 0.15) is 57.1 Å². The number of hydrogen-bond donors (Lipinski definition) is 4. The van der Waals surface area contributed by atoms with Crippen molar-refractivity contribution >= 4 is 12.2 Å². The number of carbonyl (C=O) groups excluding carboxylic acids is 1. The third kappa shape index (κ3) is 8.08. The highest BCUT2D eigenvalue weighted by Gasteiger charge is 2.32. The summed E-state index contributed by atoms with van der Waals surface area (Å²) in [6.45, 7) is 6.28. The average Bonchev–Trinajstić information content (AvgIpc) is 3.21. The number of nitrogens with two attached hydrogens (primary N) is 2. The molecular weight excluding hydrogens is 450 g/mol. The molecule has 1 aliphatic heterocycles. The van der Waals surface area contributed by atoms with Crippen LogP contribution in [-0.4, -0.2) is 42.8 Å². The maximum Gasteiger partial charge on any atom is 0.237 e. The van der Waals surface area contributed by atoms with Crippen LogP contribution in [0.25, 0.3) is 0 Å². The number of aryl methyl sites for hydroxylation is 1. The summed E-state index contributed by atoms with van der Waals surface area (Å²) < 4.78 is 0. The molecule has 6 N–H and O–H groups in total. The van der Waals surface area contributed by atoms with Gasteiger partial charge in [0.25, 0.3) is 0 Å². The van der Waals surface area contributed by atoms with Crippen LogP contribution in [0.2, 0.25) is 0 Å². The van der Waals surface area contributed by atoms with Gasteiger partial charge in [-0.3, -0.25) is 4.79 Å². The van der Waals surface area contributed by atoms with Gasteiger partial charge in [0.1, 0.15) is 12.4 Å². The molecular formula is C28H41N7O. The molecule has 1 aromatic carbocycles. The highest BCUT2D eigenvalue weighted by molar-refractivity contribution is 5.79. The van der Waals surface area contributed by atoms with Gasteiger partial charge in [0, 0.05) is 12.0 Å². The summed E-state index contributed by atoms with van der Waals surface area (Å²) in [5.41, 5.74) is 10.6. The van der Waals surface area contributed by atoms with Gasteiger partial charge in [-0.15, -0.1) is 0 Å². The summed E-state index contributed by atoms with van der Waals surface area (Å²) in [6, 6.07) is 10.8. The van der Waals surface area contributed by atoms with Crippen molar-refractivity contribution in [1.29, 1.82) is 5.26 Å². The van der Waals surface area contributed by atoms with Crippen LogP contribution in [0.15, 0.2) is 65.3 Å². The van der Waals surface area contributed by atoms with E-state index in [9.17, 15) is 10.1 Å². The van der Waals surface area contributed by atoms with Crippen molar-refractivity contribution in [1.82, 2.24) is 15.8 Å². The molecule has 2 aliphatic rings. The van der Waals surface area contributed by atoms with Gasteiger partial charge in [0.15, 0.2) is 0 Å². The van der Waals surface area contributed by atoms with Crippen LogP contribution < -0.4 is 22.4 Å². The second-order valence-electron chi connectivity index (χ2n) is 9.14. The van der Waals surface area contributed by atoms with Crippen LogP contribution in [0.5, 0.6) is 0 Å². The second-order valence-corrected chi connectivity index (χ2v) is 9.14. The number of hydrogen-bond acceptors (Lipinski definition) is 6. The van der Waals surface area contributed by atoms with E-state index in [4.69, 9.17) is 5.73 Å². The van der Waals surface area contributed by atoms with E-state index in [-0.39, 0.29) is 17.4 Å². The molecule has 8 heteroatoms. The lowest BCUT2D eigenvalue weighted by Gasteiger charge is -2.34. The molecule has 3 rings (SSSR count). The number of rotatable bonds is 10. The molecule has 194 valence electrons. The first-order valence-corrected chi connectivity index (χ1v) is 12.7. The van der Waals surface area contributed by atoms with E-state index in [2.05, 4.69) is 90.8 Å². The van der Waals surface area contributed by atoms with E-state index in [1.54, 1.807) is 4.90 Å². The first kappa shape index (κ1) is 28.8. The highest BCUT2D eigenvalue weighted by Crippen LogP contribution is 2.39. The zero-order chi connectivity index (χ0) is 26.2. The molecule has 1 fully saturated rings. The standard InChI is InChI=1S/C27H35N3O.CH6N4/c1-3-11-22-12-8-9-16-25(22)27(2,23-13-6-4-5-7-14-23)17-18-29-21-26(31)30-19-10-15-24(30)20-28;2-1-4-5-3/h4,6-9,12-14,16,24,29H,3,5,10-11,15,17-19,21H2,1-2H3;1,5H,3H2,(H2,2,4). The molecule has 8 nitrogen and oxygen atoms in total. The van der Waals surface area contributed by atoms with E-state index in [0.717, 1.165) is 51.4 Å². The molecule has 0 saturated carbocycles. The van der Waals surface area contributed by atoms with Gasteiger partial charge in [0.05, 0.1) is 12.6 Å². The number of benzene rings is 1.